The van der Waals surface area contributed by atoms with Crippen LogP contribution < -0.4 is 0 Å². The first-order chi connectivity index (χ1) is 11.3. The third-order valence-corrected chi connectivity index (χ3v) is 5.43. The molecule has 0 atom stereocenters. The van der Waals surface area contributed by atoms with Crippen LogP contribution in [0.3, 0.4) is 0 Å². The van der Waals surface area contributed by atoms with E-state index in [0.29, 0.717) is 6.42 Å². The lowest BCUT2D eigenvalue weighted by molar-refractivity contribution is -0.114. The number of benzene rings is 1. The molecular formula is C21H16OS. The van der Waals surface area contributed by atoms with Gasteiger partial charge in [0.2, 0.25) is 0 Å². The summed E-state index contributed by atoms with van der Waals surface area (Å²) in [5.74, 6) is 0.161. The van der Waals surface area contributed by atoms with E-state index in [4.69, 9.17) is 0 Å². The summed E-state index contributed by atoms with van der Waals surface area (Å²) in [5, 5.41) is 2.60. The van der Waals surface area contributed by atoms with E-state index in [1.807, 2.05) is 30.4 Å². The van der Waals surface area contributed by atoms with Crippen LogP contribution in [-0.2, 0) is 4.79 Å². The second kappa shape index (κ2) is 5.64. The molecule has 2 heteroatoms. The Bertz CT molecular complexity index is 1020. The quantitative estimate of drug-likeness (QED) is 0.414. The summed E-state index contributed by atoms with van der Waals surface area (Å²) in [4.78, 5) is 11.7. The first-order valence-corrected chi connectivity index (χ1v) is 8.64. The molecule has 23 heavy (non-hydrogen) atoms. The topological polar surface area (TPSA) is 17.1 Å². The molecule has 0 N–H and O–H groups in total. The SMILES string of the molecule is CCC(=O)/C=C/c1c2cccccc-2c2c1sc1ccccc12. The van der Waals surface area contributed by atoms with Crippen LogP contribution in [0.15, 0.2) is 60.7 Å². The van der Waals surface area contributed by atoms with Crippen LogP contribution in [0.1, 0.15) is 18.9 Å². The fraction of sp³-hybridized carbons (Fsp3) is 0.0952. The highest BCUT2D eigenvalue weighted by Crippen LogP contribution is 2.47. The smallest absolute Gasteiger partial charge is 0.155 e. The van der Waals surface area contributed by atoms with Crippen molar-refractivity contribution in [3.8, 4) is 11.1 Å². The van der Waals surface area contributed by atoms with E-state index in [1.54, 1.807) is 6.08 Å². The van der Waals surface area contributed by atoms with E-state index in [9.17, 15) is 4.79 Å². The zero-order valence-electron chi connectivity index (χ0n) is 12.9. The summed E-state index contributed by atoms with van der Waals surface area (Å²) < 4.78 is 2.56. The van der Waals surface area contributed by atoms with Crippen LogP contribution in [0.4, 0.5) is 0 Å². The molecule has 0 saturated heterocycles. The van der Waals surface area contributed by atoms with Crippen molar-refractivity contribution in [3.63, 3.8) is 0 Å². The van der Waals surface area contributed by atoms with Crippen molar-refractivity contribution in [1.29, 1.82) is 0 Å². The molecule has 0 aliphatic heterocycles. The number of allylic oxidation sites excluding steroid dienone is 1. The maximum absolute atomic E-state index is 11.7. The second-order valence-corrected chi connectivity index (χ2v) is 6.66. The minimum absolute atomic E-state index is 0.161. The summed E-state index contributed by atoms with van der Waals surface area (Å²) >= 11 is 1.81. The lowest BCUT2D eigenvalue weighted by Gasteiger charge is -1.97. The van der Waals surface area contributed by atoms with E-state index < -0.39 is 0 Å². The number of carbonyl (C=O) groups is 1. The zero-order valence-corrected chi connectivity index (χ0v) is 13.7. The molecule has 1 aromatic heterocycles. The molecule has 0 saturated carbocycles. The fourth-order valence-electron chi connectivity index (χ4n) is 3.08. The molecule has 4 rings (SSSR count). The second-order valence-electron chi connectivity index (χ2n) is 5.61. The van der Waals surface area contributed by atoms with Crippen LogP contribution in [0.25, 0.3) is 37.4 Å². The molecule has 2 aliphatic rings. The molecule has 0 spiro atoms. The number of hydrogen-bond donors (Lipinski definition) is 0. The standard InChI is InChI=1S/C21H16OS/c1-2-14(22)12-13-17-15-8-4-3-5-9-16(15)20-18-10-6-7-11-19(18)23-21(17)20/h3-13H,2H2,1H3/b13-12+. The Morgan fingerprint density at radius 2 is 1.74 bits per heavy atom. The summed E-state index contributed by atoms with van der Waals surface area (Å²) in [7, 11) is 0. The molecule has 2 aromatic rings. The van der Waals surface area contributed by atoms with Gasteiger partial charge in [-0.15, -0.1) is 11.3 Å². The third kappa shape index (κ3) is 2.27. The molecule has 1 nitrogen and oxygen atoms in total. The Morgan fingerprint density at radius 3 is 2.57 bits per heavy atom. The number of rotatable bonds is 3. The van der Waals surface area contributed by atoms with Crippen molar-refractivity contribution >= 4 is 43.4 Å². The summed E-state index contributed by atoms with van der Waals surface area (Å²) in [6.45, 7) is 1.89. The van der Waals surface area contributed by atoms with Gasteiger partial charge in [0.25, 0.3) is 0 Å². The average Bonchev–Trinajstić information content (AvgIpc) is 2.97. The van der Waals surface area contributed by atoms with Crippen molar-refractivity contribution < 1.29 is 4.79 Å². The van der Waals surface area contributed by atoms with E-state index >= 15 is 0 Å². The van der Waals surface area contributed by atoms with Crippen molar-refractivity contribution in [2.24, 2.45) is 0 Å². The molecule has 0 amide bonds. The van der Waals surface area contributed by atoms with Crippen molar-refractivity contribution in [3.05, 3.63) is 66.2 Å². The summed E-state index contributed by atoms with van der Waals surface area (Å²) in [6.07, 6.45) is 4.25. The number of carbonyl (C=O) groups excluding carboxylic acids is 1. The fourth-order valence-corrected chi connectivity index (χ4v) is 4.34. The predicted molar refractivity (Wildman–Crippen MR) is 100 cm³/mol. The molecule has 0 unspecified atom stereocenters. The van der Waals surface area contributed by atoms with Gasteiger partial charge >= 0.3 is 0 Å². The normalized spacial score (nSPS) is 11.9. The molecule has 0 radical (unpaired) electrons. The number of fused-ring (bicyclic) bond motifs is 5. The van der Waals surface area contributed by atoms with Gasteiger partial charge in [0, 0.05) is 32.2 Å². The van der Waals surface area contributed by atoms with Crippen molar-refractivity contribution in [2.75, 3.05) is 0 Å². The lowest BCUT2D eigenvalue weighted by Crippen LogP contribution is -1.86. The Balaban J connectivity index is 2.11. The average molecular weight is 316 g/mol. The van der Waals surface area contributed by atoms with E-state index in [2.05, 4.69) is 48.5 Å². The Morgan fingerprint density at radius 1 is 1.00 bits per heavy atom. The monoisotopic (exact) mass is 316 g/mol. The molecule has 2 aliphatic carbocycles. The van der Waals surface area contributed by atoms with Crippen molar-refractivity contribution in [2.45, 2.75) is 13.3 Å². The molecule has 112 valence electrons. The van der Waals surface area contributed by atoms with Crippen LogP contribution in [0, 0.1) is 0 Å². The van der Waals surface area contributed by atoms with Crippen LogP contribution in [0.5, 0.6) is 0 Å². The van der Waals surface area contributed by atoms with Gasteiger partial charge in [-0.05, 0) is 29.3 Å². The van der Waals surface area contributed by atoms with Gasteiger partial charge < -0.3 is 0 Å². The van der Waals surface area contributed by atoms with Crippen LogP contribution >= 0.6 is 11.3 Å². The van der Waals surface area contributed by atoms with Gasteiger partial charge in [-0.2, -0.15) is 0 Å². The minimum Gasteiger partial charge on any atom is -0.295 e. The van der Waals surface area contributed by atoms with Gasteiger partial charge in [-0.3, -0.25) is 4.79 Å². The van der Waals surface area contributed by atoms with Crippen molar-refractivity contribution in [1.82, 2.24) is 0 Å². The number of ketones is 1. The maximum atomic E-state index is 11.7. The summed E-state index contributed by atoms with van der Waals surface area (Å²) in [5.41, 5.74) is 3.63. The Labute approximate surface area is 139 Å². The zero-order chi connectivity index (χ0) is 15.8. The van der Waals surface area contributed by atoms with Crippen LogP contribution in [-0.4, -0.2) is 5.78 Å². The van der Waals surface area contributed by atoms with Gasteiger partial charge in [0.1, 0.15) is 0 Å². The number of hydrogen-bond acceptors (Lipinski definition) is 2. The molecule has 0 fully saturated rings. The minimum atomic E-state index is 0.161. The van der Waals surface area contributed by atoms with Gasteiger partial charge in [0.15, 0.2) is 5.78 Å². The number of thiophene rings is 1. The molecule has 1 aromatic carbocycles. The Kier molecular flexibility index (Phi) is 3.47. The third-order valence-electron chi connectivity index (χ3n) is 4.22. The first kappa shape index (κ1) is 14.2. The van der Waals surface area contributed by atoms with Crippen LogP contribution in [0.2, 0.25) is 0 Å². The first-order valence-electron chi connectivity index (χ1n) is 7.82. The highest BCUT2D eigenvalue weighted by molar-refractivity contribution is 7.26. The highest BCUT2D eigenvalue weighted by atomic mass is 32.1. The molecule has 0 bridgehead atoms. The molecule has 1 heterocycles. The van der Waals surface area contributed by atoms with E-state index in [0.717, 1.165) is 5.56 Å². The van der Waals surface area contributed by atoms with Gasteiger partial charge in [-0.1, -0.05) is 55.5 Å². The summed E-state index contributed by atoms with van der Waals surface area (Å²) in [6, 6.07) is 19.0. The largest absolute Gasteiger partial charge is 0.295 e. The molecular weight excluding hydrogens is 300 g/mol. The highest BCUT2D eigenvalue weighted by Gasteiger charge is 2.19. The van der Waals surface area contributed by atoms with E-state index in [1.165, 1.54) is 31.3 Å². The van der Waals surface area contributed by atoms with E-state index in [-0.39, 0.29) is 5.78 Å². The maximum Gasteiger partial charge on any atom is 0.155 e. The van der Waals surface area contributed by atoms with Gasteiger partial charge in [-0.25, -0.2) is 0 Å². The van der Waals surface area contributed by atoms with Gasteiger partial charge in [0.05, 0.1) is 0 Å². The Hall–Kier alpha value is -2.45. The predicted octanol–water partition coefficient (Wildman–Crippen LogP) is 6.15. The lowest BCUT2D eigenvalue weighted by atomic mass is 10.1.